The zero-order valence-electron chi connectivity index (χ0n) is 10.7. The normalized spacial score (nSPS) is 12.7. The predicted octanol–water partition coefficient (Wildman–Crippen LogP) is 3.54. The molecular formula is C15H15N3S. The number of hydrogen-bond donors (Lipinski definition) is 1. The Labute approximate surface area is 116 Å². The van der Waals surface area contributed by atoms with Crippen molar-refractivity contribution in [3.8, 4) is 0 Å². The summed E-state index contributed by atoms with van der Waals surface area (Å²) in [5, 5.41) is 4.81. The molecule has 0 radical (unpaired) electrons. The summed E-state index contributed by atoms with van der Waals surface area (Å²) in [4.78, 5) is 9.50. The minimum absolute atomic E-state index is 0.326. The van der Waals surface area contributed by atoms with E-state index in [-0.39, 0.29) is 0 Å². The Bertz CT molecular complexity index is 630. The molecule has 0 saturated carbocycles. The molecule has 0 aliphatic heterocycles. The quantitative estimate of drug-likeness (QED) is 0.787. The van der Waals surface area contributed by atoms with Crippen LogP contribution in [-0.4, -0.2) is 9.97 Å². The fraction of sp³-hybridized carbons (Fsp3) is 0.200. The molecule has 0 spiro atoms. The summed E-state index contributed by atoms with van der Waals surface area (Å²) >= 11 is 1.85. The average molecular weight is 269 g/mol. The van der Waals surface area contributed by atoms with Crippen LogP contribution in [0.25, 0.3) is 10.1 Å². The second kappa shape index (κ2) is 5.47. The molecule has 0 saturated heterocycles. The van der Waals surface area contributed by atoms with Crippen molar-refractivity contribution in [2.24, 2.45) is 0 Å². The van der Waals surface area contributed by atoms with Crippen molar-refractivity contribution in [3.63, 3.8) is 0 Å². The maximum atomic E-state index is 4.22. The van der Waals surface area contributed by atoms with Crippen molar-refractivity contribution >= 4 is 21.4 Å². The minimum atomic E-state index is 0.326. The van der Waals surface area contributed by atoms with Gasteiger partial charge in [-0.1, -0.05) is 18.2 Å². The lowest BCUT2D eigenvalue weighted by atomic mass is 10.2. The van der Waals surface area contributed by atoms with Gasteiger partial charge in [-0.05, 0) is 30.5 Å². The van der Waals surface area contributed by atoms with Gasteiger partial charge in [0.05, 0.1) is 5.69 Å². The van der Waals surface area contributed by atoms with Gasteiger partial charge in [0.15, 0.2) is 0 Å². The first-order valence-electron chi connectivity index (χ1n) is 6.29. The van der Waals surface area contributed by atoms with Crippen LogP contribution in [-0.2, 0) is 6.54 Å². The molecule has 4 heteroatoms. The Balaban J connectivity index is 1.71. The lowest BCUT2D eigenvalue weighted by Crippen LogP contribution is -2.17. The van der Waals surface area contributed by atoms with E-state index in [0.717, 1.165) is 12.2 Å². The maximum absolute atomic E-state index is 4.22. The van der Waals surface area contributed by atoms with Crippen molar-refractivity contribution in [2.75, 3.05) is 0 Å². The number of rotatable bonds is 4. The highest BCUT2D eigenvalue weighted by Crippen LogP contribution is 2.29. The summed E-state index contributed by atoms with van der Waals surface area (Å²) in [6.07, 6.45) is 3.36. The van der Waals surface area contributed by atoms with Gasteiger partial charge >= 0.3 is 0 Å². The van der Waals surface area contributed by atoms with Gasteiger partial charge in [0.2, 0.25) is 0 Å². The Morgan fingerprint density at radius 1 is 1.26 bits per heavy atom. The maximum Gasteiger partial charge on any atom is 0.115 e. The predicted molar refractivity (Wildman–Crippen MR) is 79.1 cm³/mol. The monoisotopic (exact) mass is 269 g/mol. The summed E-state index contributed by atoms with van der Waals surface area (Å²) < 4.78 is 1.34. The summed E-state index contributed by atoms with van der Waals surface area (Å²) in [5.41, 5.74) is 1.02. The van der Waals surface area contributed by atoms with Crippen LogP contribution in [0.2, 0.25) is 0 Å². The molecule has 3 rings (SSSR count). The largest absolute Gasteiger partial charge is 0.304 e. The fourth-order valence-electron chi connectivity index (χ4n) is 2.00. The van der Waals surface area contributed by atoms with E-state index in [4.69, 9.17) is 0 Å². The second-order valence-corrected chi connectivity index (χ2v) is 5.61. The van der Waals surface area contributed by atoms with Gasteiger partial charge < -0.3 is 5.32 Å². The molecule has 0 aliphatic rings. The highest BCUT2D eigenvalue weighted by molar-refractivity contribution is 7.19. The number of nitrogens with one attached hydrogen (secondary N) is 1. The SMILES string of the molecule is CC(NCc1ccncn1)c1cc2ccccc2s1. The number of nitrogens with zero attached hydrogens (tertiary/aromatic N) is 2. The van der Waals surface area contributed by atoms with E-state index in [1.807, 2.05) is 17.4 Å². The van der Waals surface area contributed by atoms with Crippen LogP contribution in [0.5, 0.6) is 0 Å². The molecular weight excluding hydrogens is 254 g/mol. The summed E-state index contributed by atoms with van der Waals surface area (Å²) in [6, 6.07) is 13.0. The first kappa shape index (κ1) is 12.3. The number of hydrogen-bond acceptors (Lipinski definition) is 4. The van der Waals surface area contributed by atoms with E-state index in [0.29, 0.717) is 6.04 Å². The van der Waals surface area contributed by atoms with Gasteiger partial charge in [0.1, 0.15) is 6.33 Å². The fourth-order valence-corrected chi connectivity index (χ4v) is 3.09. The van der Waals surface area contributed by atoms with Gasteiger partial charge in [-0.3, -0.25) is 0 Å². The third-order valence-electron chi connectivity index (χ3n) is 3.10. The summed E-state index contributed by atoms with van der Waals surface area (Å²) in [7, 11) is 0. The smallest absolute Gasteiger partial charge is 0.115 e. The van der Waals surface area contributed by atoms with Gasteiger partial charge in [0, 0.05) is 28.4 Å². The van der Waals surface area contributed by atoms with E-state index in [1.165, 1.54) is 15.0 Å². The van der Waals surface area contributed by atoms with Crippen molar-refractivity contribution in [2.45, 2.75) is 19.5 Å². The number of fused-ring (bicyclic) bond motifs is 1. The molecule has 0 amide bonds. The van der Waals surface area contributed by atoms with Crippen LogP contribution in [0.1, 0.15) is 23.5 Å². The molecule has 0 aliphatic carbocycles. The Morgan fingerprint density at radius 2 is 2.16 bits per heavy atom. The summed E-state index contributed by atoms with van der Waals surface area (Å²) in [5.74, 6) is 0. The average Bonchev–Trinajstić information content (AvgIpc) is 2.90. The van der Waals surface area contributed by atoms with Crippen molar-refractivity contribution < 1.29 is 0 Å². The standard InChI is InChI=1S/C15H15N3S/c1-11(17-9-13-6-7-16-10-18-13)15-8-12-4-2-3-5-14(12)19-15/h2-8,10-11,17H,9H2,1H3. The van der Waals surface area contributed by atoms with Crippen LogP contribution in [0, 0.1) is 0 Å². The highest BCUT2D eigenvalue weighted by atomic mass is 32.1. The van der Waals surface area contributed by atoms with Crippen molar-refractivity contribution in [1.29, 1.82) is 0 Å². The molecule has 1 N–H and O–H groups in total. The molecule has 96 valence electrons. The highest BCUT2D eigenvalue weighted by Gasteiger charge is 2.09. The minimum Gasteiger partial charge on any atom is -0.304 e. The number of aromatic nitrogens is 2. The van der Waals surface area contributed by atoms with E-state index in [2.05, 4.69) is 52.5 Å². The molecule has 1 unspecified atom stereocenters. The van der Waals surface area contributed by atoms with Crippen LogP contribution >= 0.6 is 11.3 Å². The third-order valence-corrected chi connectivity index (χ3v) is 4.40. The Morgan fingerprint density at radius 3 is 2.95 bits per heavy atom. The van der Waals surface area contributed by atoms with E-state index >= 15 is 0 Å². The Hall–Kier alpha value is -1.78. The van der Waals surface area contributed by atoms with Crippen LogP contribution < -0.4 is 5.32 Å². The van der Waals surface area contributed by atoms with Crippen molar-refractivity contribution in [1.82, 2.24) is 15.3 Å². The van der Waals surface area contributed by atoms with Gasteiger partial charge in [-0.2, -0.15) is 0 Å². The summed E-state index contributed by atoms with van der Waals surface area (Å²) in [6.45, 7) is 2.95. The van der Waals surface area contributed by atoms with E-state index < -0.39 is 0 Å². The molecule has 3 aromatic rings. The van der Waals surface area contributed by atoms with Crippen molar-refractivity contribution in [3.05, 3.63) is 59.5 Å². The van der Waals surface area contributed by atoms with Crippen LogP contribution in [0.15, 0.2) is 48.9 Å². The molecule has 3 nitrogen and oxygen atoms in total. The van der Waals surface area contributed by atoms with E-state index in [9.17, 15) is 0 Å². The van der Waals surface area contributed by atoms with Gasteiger partial charge in [-0.25, -0.2) is 9.97 Å². The molecule has 2 heterocycles. The Kier molecular flexibility index (Phi) is 3.53. The second-order valence-electron chi connectivity index (χ2n) is 4.49. The molecule has 2 aromatic heterocycles. The first-order valence-corrected chi connectivity index (χ1v) is 7.11. The zero-order valence-corrected chi connectivity index (χ0v) is 11.5. The molecule has 0 fully saturated rings. The molecule has 1 aromatic carbocycles. The van der Waals surface area contributed by atoms with Crippen LogP contribution in [0.4, 0.5) is 0 Å². The molecule has 0 bridgehead atoms. The van der Waals surface area contributed by atoms with Gasteiger partial charge in [0.25, 0.3) is 0 Å². The lowest BCUT2D eigenvalue weighted by molar-refractivity contribution is 0.575. The number of thiophene rings is 1. The van der Waals surface area contributed by atoms with Crippen LogP contribution in [0.3, 0.4) is 0 Å². The van der Waals surface area contributed by atoms with Gasteiger partial charge in [-0.15, -0.1) is 11.3 Å². The zero-order chi connectivity index (χ0) is 13.1. The molecule has 1 atom stereocenters. The van der Waals surface area contributed by atoms with E-state index in [1.54, 1.807) is 12.5 Å². The first-order chi connectivity index (χ1) is 9.33. The third kappa shape index (κ3) is 2.80. The lowest BCUT2D eigenvalue weighted by Gasteiger charge is -2.11. The number of benzene rings is 1. The topological polar surface area (TPSA) is 37.8 Å². The molecule has 19 heavy (non-hydrogen) atoms.